The molecule has 0 bridgehead atoms. The summed E-state index contributed by atoms with van der Waals surface area (Å²) in [6, 6.07) is 3.88. The van der Waals surface area contributed by atoms with Gasteiger partial charge in [0.25, 0.3) is 0 Å². The lowest BCUT2D eigenvalue weighted by Crippen LogP contribution is -2.31. The number of nitrogens with one attached hydrogen (secondary N) is 1. The van der Waals surface area contributed by atoms with Crippen LogP contribution in [0.2, 0.25) is 0 Å². The van der Waals surface area contributed by atoms with Crippen molar-refractivity contribution in [2.24, 2.45) is 0 Å². The standard InChI is InChI=1S/C13H17N5O3/c19-13(10-17-9-12(7-16-17)18(20)21)8-15-5-3-11-2-1-4-14-6-11/h1-2,4,6-7,9,13,15,19H,3,5,8,10H2. The predicted octanol–water partition coefficient (Wildman–Crippen LogP) is 0.379. The van der Waals surface area contributed by atoms with E-state index in [1.165, 1.54) is 17.1 Å². The molecule has 1 unspecified atom stereocenters. The molecular formula is C13H17N5O3. The van der Waals surface area contributed by atoms with Crippen LogP contribution < -0.4 is 5.32 Å². The molecule has 1 atom stereocenters. The minimum atomic E-state index is -0.654. The van der Waals surface area contributed by atoms with Crippen molar-refractivity contribution in [3.05, 3.63) is 52.6 Å². The molecule has 0 aliphatic rings. The summed E-state index contributed by atoms with van der Waals surface area (Å²) in [4.78, 5) is 14.0. The Morgan fingerprint density at radius 3 is 3.00 bits per heavy atom. The molecule has 112 valence electrons. The Labute approximate surface area is 121 Å². The van der Waals surface area contributed by atoms with E-state index in [1.807, 2.05) is 12.1 Å². The molecule has 0 aromatic carbocycles. The van der Waals surface area contributed by atoms with Gasteiger partial charge in [-0.05, 0) is 24.6 Å². The minimum Gasteiger partial charge on any atom is -0.390 e. The van der Waals surface area contributed by atoms with Gasteiger partial charge in [-0.15, -0.1) is 0 Å². The molecule has 2 heterocycles. The second-order valence-corrected chi connectivity index (χ2v) is 4.65. The van der Waals surface area contributed by atoms with E-state index >= 15 is 0 Å². The summed E-state index contributed by atoms with van der Waals surface area (Å²) in [6.45, 7) is 1.34. The maximum atomic E-state index is 10.5. The van der Waals surface area contributed by atoms with E-state index in [4.69, 9.17) is 0 Å². The summed E-state index contributed by atoms with van der Waals surface area (Å²) >= 11 is 0. The first-order valence-corrected chi connectivity index (χ1v) is 6.59. The Balaban J connectivity index is 1.67. The Morgan fingerprint density at radius 2 is 2.33 bits per heavy atom. The summed E-state index contributed by atoms with van der Waals surface area (Å²) in [5, 5.41) is 27.3. The van der Waals surface area contributed by atoms with Crippen LogP contribution in [0.1, 0.15) is 5.56 Å². The number of nitro groups is 1. The van der Waals surface area contributed by atoms with Gasteiger partial charge in [-0.2, -0.15) is 5.10 Å². The number of hydrogen-bond acceptors (Lipinski definition) is 6. The number of hydrogen-bond donors (Lipinski definition) is 2. The average molecular weight is 291 g/mol. The van der Waals surface area contributed by atoms with Gasteiger partial charge in [0.05, 0.1) is 17.6 Å². The van der Waals surface area contributed by atoms with E-state index in [-0.39, 0.29) is 12.2 Å². The summed E-state index contributed by atoms with van der Waals surface area (Å²) < 4.78 is 1.37. The van der Waals surface area contributed by atoms with Crippen molar-refractivity contribution in [3.63, 3.8) is 0 Å². The zero-order chi connectivity index (χ0) is 15.1. The molecule has 0 aliphatic carbocycles. The number of aromatic nitrogens is 3. The Morgan fingerprint density at radius 1 is 1.48 bits per heavy atom. The molecule has 0 saturated heterocycles. The minimum absolute atomic E-state index is 0.0771. The zero-order valence-electron chi connectivity index (χ0n) is 11.4. The number of aliphatic hydroxyl groups excluding tert-OH is 1. The van der Waals surface area contributed by atoms with Crippen LogP contribution in [0.25, 0.3) is 0 Å². The van der Waals surface area contributed by atoms with E-state index in [1.54, 1.807) is 12.4 Å². The Bertz CT molecular complexity index is 572. The monoisotopic (exact) mass is 291 g/mol. The normalized spacial score (nSPS) is 12.2. The van der Waals surface area contributed by atoms with Crippen LogP contribution in [0.5, 0.6) is 0 Å². The summed E-state index contributed by atoms with van der Waals surface area (Å²) in [5.74, 6) is 0. The predicted molar refractivity (Wildman–Crippen MR) is 75.7 cm³/mol. The molecule has 0 radical (unpaired) electrons. The van der Waals surface area contributed by atoms with E-state index < -0.39 is 11.0 Å². The van der Waals surface area contributed by atoms with Gasteiger partial charge in [0.1, 0.15) is 12.4 Å². The summed E-state index contributed by atoms with van der Waals surface area (Å²) in [5.41, 5.74) is 1.05. The quantitative estimate of drug-likeness (QED) is 0.414. The summed E-state index contributed by atoms with van der Waals surface area (Å²) in [7, 11) is 0. The van der Waals surface area contributed by atoms with Gasteiger partial charge in [-0.1, -0.05) is 6.07 Å². The molecule has 2 aromatic rings. The second-order valence-electron chi connectivity index (χ2n) is 4.65. The van der Waals surface area contributed by atoms with Gasteiger partial charge in [-0.3, -0.25) is 19.8 Å². The van der Waals surface area contributed by atoms with Gasteiger partial charge in [0.15, 0.2) is 0 Å². The van der Waals surface area contributed by atoms with Crippen LogP contribution in [0.3, 0.4) is 0 Å². The second kappa shape index (κ2) is 7.46. The fourth-order valence-electron chi connectivity index (χ4n) is 1.87. The molecular weight excluding hydrogens is 274 g/mol. The zero-order valence-corrected chi connectivity index (χ0v) is 11.4. The molecule has 0 amide bonds. The lowest BCUT2D eigenvalue weighted by atomic mass is 10.2. The lowest BCUT2D eigenvalue weighted by molar-refractivity contribution is -0.385. The van der Waals surface area contributed by atoms with Crippen molar-refractivity contribution in [2.45, 2.75) is 19.1 Å². The maximum absolute atomic E-state index is 10.5. The summed E-state index contributed by atoms with van der Waals surface area (Å²) in [6.07, 6.45) is 6.18. The largest absolute Gasteiger partial charge is 0.390 e. The van der Waals surface area contributed by atoms with Crippen LogP contribution in [-0.2, 0) is 13.0 Å². The molecule has 0 aliphatic heterocycles. The average Bonchev–Trinajstić information content (AvgIpc) is 2.93. The maximum Gasteiger partial charge on any atom is 0.306 e. The highest BCUT2D eigenvalue weighted by Crippen LogP contribution is 2.07. The van der Waals surface area contributed by atoms with E-state index in [0.717, 1.165) is 18.5 Å². The SMILES string of the molecule is O=[N+]([O-])c1cnn(CC(O)CNCCc2cccnc2)c1. The van der Waals surface area contributed by atoms with Crippen molar-refractivity contribution >= 4 is 5.69 Å². The fourth-order valence-corrected chi connectivity index (χ4v) is 1.87. The van der Waals surface area contributed by atoms with Crippen LogP contribution >= 0.6 is 0 Å². The van der Waals surface area contributed by atoms with Gasteiger partial charge in [0.2, 0.25) is 0 Å². The Kier molecular flexibility index (Phi) is 5.35. The highest BCUT2D eigenvalue weighted by Gasteiger charge is 2.11. The topological polar surface area (TPSA) is 106 Å². The third-order valence-corrected chi connectivity index (χ3v) is 2.92. The van der Waals surface area contributed by atoms with Crippen molar-refractivity contribution < 1.29 is 10.0 Å². The van der Waals surface area contributed by atoms with Gasteiger partial charge in [0, 0.05) is 18.9 Å². The highest BCUT2D eigenvalue weighted by atomic mass is 16.6. The molecule has 0 fully saturated rings. The molecule has 2 aromatic heterocycles. The first kappa shape index (κ1) is 15.1. The van der Waals surface area contributed by atoms with Crippen molar-refractivity contribution in [3.8, 4) is 0 Å². The molecule has 21 heavy (non-hydrogen) atoms. The third-order valence-electron chi connectivity index (χ3n) is 2.92. The molecule has 2 N–H and O–H groups in total. The van der Waals surface area contributed by atoms with Gasteiger partial charge in [-0.25, -0.2) is 0 Å². The number of rotatable bonds is 8. The van der Waals surface area contributed by atoms with E-state index in [2.05, 4.69) is 15.4 Å². The fraction of sp³-hybridized carbons (Fsp3) is 0.385. The number of nitrogens with zero attached hydrogens (tertiary/aromatic N) is 4. The molecule has 0 spiro atoms. The first-order valence-electron chi connectivity index (χ1n) is 6.59. The lowest BCUT2D eigenvalue weighted by Gasteiger charge is -2.11. The van der Waals surface area contributed by atoms with E-state index in [9.17, 15) is 15.2 Å². The highest BCUT2D eigenvalue weighted by molar-refractivity contribution is 5.20. The number of pyridine rings is 1. The van der Waals surface area contributed by atoms with Gasteiger partial charge >= 0.3 is 5.69 Å². The number of aliphatic hydroxyl groups is 1. The molecule has 2 rings (SSSR count). The first-order chi connectivity index (χ1) is 10.1. The third kappa shape index (κ3) is 4.93. The van der Waals surface area contributed by atoms with Crippen LogP contribution in [0.15, 0.2) is 36.9 Å². The van der Waals surface area contributed by atoms with Crippen LogP contribution in [0, 0.1) is 10.1 Å². The van der Waals surface area contributed by atoms with Crippen molar-refractivity contribution in [1.29, 1.82) is 0 Å². The molecule has 0 saturated carbocycles. The van der Waals surface area contributed by atoms with Crippen molar-refractivity contribution in [2.75, 3.05) is 13.1 Å². The van der Waals surface area contributed by atoms with E-state index in [0.29, 0.717) is 6.54 Å². The molecule has 8 heteroatoms. The van der Waals surface area contributed by atoms with Gasteiger partial charge < -0.3 is 10.4 Å². The Hall–Kier alpha value is -2.32. The van der Waals surface area contributed by atoms with Crippen LogP contribution in [-0.4, -0.2) is 44.0 Å². The van der Waals surface area contributed by atoms with Crippen LogP contribution in [0.4, 0.5) is 5.69 Å². The van der Waals surface area contributed by atoms with Crippen molar-refractivity contribution in [1.82, 2.24) is 20.1 Å². The molecule has 8 nitrogen and oxygen atoms in total. The smallest absolute Gasteiger partial charge is 0.306 e.